The van der Waals surface area contributed by atoms with Gasteiger partial charge in [0, 0.05) is 65.8 Å². The predicted molar refractivity (Wildman–Crippen MR) is 258 cm³/mol. The first-order valence-corrected chi connectivity index (χ1v) is 20.7. The molecule has 0 atom stereocenters. The van der Waals surface area contributed by atoms with Crippen molar-refractivity contribution >= 4 is 65.6 Å². The van der Waals surface area contributed by atoms with Crippen molar-refractivity contribution in [1.82, 2.24) is 24.1 Å². The number of hydrogen-bond acceptors (Lipinski definition) is 4. The Morgan fingerprint density at radius 2 is 0.984 bits per heavy atom. The second kappa shape index (κ2) is 14.0. The van der Waals surface area contributed by atoms with Crippen molar-refractivity contribution < 1.29 is 12.6 Å². The first-order valence-electron chi connectivity index (χ1n) is 23.7. The average Bonchev–Trinajstić information content (AvgIpc) is 4.06. The molecule has 0 bridgehead atoms. The molecule has 6 nitrogen and oxygen atoms in total. The van der Waals surface area contributed by atoms with Crippen molar-refractivity contribution in [2.45, 2.75) is 0 Å². The van der Waals surface area contributed by atoms with Gasteiger partial charge < -0.3 is 13.6 Å². The van der Waals surface area contributed by atoms with Crippen molar-refractivity contribution in [3.63, 3.8) is 0 Å². The molecule has 13 rings (SSSR count). The van der Waals surface area contributed by atoms with Crippen molar-refractivity contribution in [1.29, 1.82) is 0 Å². The second-order valence-corrected chi connectivity index (χ2v) is 15.5. The summed E-state index contributed by atoms with van der Waals surface area (Å²) in [7, 11) is 0. The van der Waals surface area contributed by atoms with E-state index in [2.05, 4.69) is 53.1 Å². The molecule has 0 N–H and O–H groups in total. The largest absolute Gasteiger partial charge is 0.455 e. The molecule has 4 heterocycles. The fourth-order valence-corrected chi connectivity index (χ4v) is 9.11. The lowest BCUT2D eigenvalue weighted by atomic mass is 9.98. The van der Waals surface area contributed by atoms with Gasteiger partial charge in [0.25, 0.3) is 0 Å². The van der Waals surface area contributed by atoms with Crippen LogP contribution in [-0.4, -0.2) is 24.1 Å². The minimum Gasteiger partial charge on any atom is -0.455 e. The number of fused-ring (bicyclic) bond motifs is 9. The maximum Gasteiger partial charge on any atom is 0.164 e. The third kappa shape index (κ3) is 5.55. The van der Waals surface area contributed by atoms with Crippen molar-refractivity contribution in [2.24, 2.45) is 0 Å². The Morgan fingerprint density at radius 3 is 1.75 bits per heavy atom. The quantitative estimate of drug-likeness (QED) is 0.168. The highest BCUT2D eigenvalue weighted by atomic mass is 16.3. The molecule has 63 heavy (non-hydrogen) atoms. The lowest BCUT2D eigenvalue weighted by Crippen LogP contribution is -2.02. The van der Waals surface area contributed by atoms with Gasteiger partial charge >= 0.3 is 0 Å². The van der Waals surface area contributed by atoms with Crippen LogP contribution in [0.5, 0.6) is 0 Å². The second-order valence-electron chi connectivity index (χ2n) is 15.5. The third-order valence-corrected chi connectivity index (χ3v) is 11.9. The van der Waals surface area contributed by atoms with Crippen LogP contribution in [0.15, 0.2) is 217 Å². The lowest BCUT2D eigenvalue weighted by molar-refractivity contribution is 0.670. The summed E-state index contributed by atoms with van der Waals surface area (Å²) < 4.78 is 65.0. The average molecular weight is 812 g/mol. The van der Waals surface area contributed by atoms with Crippen LogP contribution in [-0.2, 0) is 0 Å². The first kappa shape index (κ1) is 29.6. The van der Waals surface area contributed by atoms with Crippen LogP contribution in [0.4, 0.5) is 0 Å². The maximum atomic E-state index is 9.38. The summed E-state index contributed by atoms with van der Waals surface area (Å²) in [4.78, 5) is 15.5. The Kier molecular flexibility index (Phi) is 6.56. The molecular weight excluding hydrogens is 771 g/mol. The van der Waals surface area contributed by atoms with E-state index in [1.165, 1.54) is 12.1 Å². The van der Waals surface area contributed by atoms with E-state index in [0.717, 1.165) is 55.0 Å². The molecule has 0 aliphatic carbocycles. The van der Waals surface area contributed by atoms with Gasteiger partial charge in [-0.05, 0) is 48.5 Å². The zero-order valence-electron chi connectivity index (χ0n) is 39.4. The van der Waals surface area contributed by atoms with E-state index in [1.54, 1.807) is 4.57 Å². The van der Waals surface area contributed by atoms with E-state index >= 15 is 0 Å². The normalized spacial score (nSPS) is 13.1. The number of hydrogen-bond donors (Lipinski definition) is 0. The SMILES string of the molecule is [2H]c1cc([2H])c2c(c1[2H])c1c([2H])c([2H])cc([2H])c1n2-c1cc(-c2nc(-c3ccccc3)nc(-c3ccc4c5ccccc5n(-c5ccccc5)c4c3)n2)ccc1-c1cccc2c1oc1ccccc12. The topological polar surface area (TPSA) is 61.7 Å². The van der Waals surface area contributed by atoms with Crippen LogP contribution >= 0.6 is 0 Å². The number of para-hydroxylation sites is 6. The number of furan rings is 1. The molecule has 0 fully saturated rings. The summed E-state index contributed by atoms with van der Waals surface area (Å²) in [6, 6.07) is 56.0. The Balaban J connectivity index is 1.11. The fourth-order valence-electron chi connectivity index (χ4n) is 9.11. The maximum absolute atomic E-state index is 9.38. The summed E-state index contributed by atoms with van der Waals surface area (Å²) in [5, 5.41) is 4.38. The Morgan fingerprint density at radius 1 is 0.381 bits per heavy atom. The van der Waals surface area contributed by atoms with E-state index < -0.39 is 0 Å². The zero-order valence-corrected chi connectivity index (χ0v) is 33.4. The first-order chi connectivity index (χ1) is 33.7. The molecule has 6 heteroatoms. The molecule has 4 aromatic heterocycles. The zero-order chi connectivity index (χ0) is 46.7. The summed E-state index contributed by atoms with van der Waals surface area (Å²) in [5.74, 6) is 1.27. The Labute approximate surface area is 370 Å². The number of rotatable bonds is 6. The number of aromatic nitrogens is 5. The van der Waals surface area contributed by atoms with Gasteiger partial charge in [0.05, 0.1) is 36.0 Å². The van der Waals surface area contributed by atoms with Crippen molar-refractivity contribution in [2.75, 3.05) is 0 Å². The predicted octanol–water partition coefficient (Wildman–Crippen LogP) is 14.6. The highest BCUT2D eigenvalue weighted by Crippen LogP contribution is 2.42. The van der Waals surface area contributed by atoms with Crippen LogP contribution < -0.4 is 0 Å². The van der Waals surface area contributed by atoms with E-state index in [0.29, 0.717) is 45.5 Å². The molecule has 0 aliphatic heterocycles. The number of nitrogens with zero attached hydrogens (tertiary/aromatic N) is 5. The molecule has 0 saturated heterocycles. The lowest BCUT2D eigenvalue weighted by Gasteiger charge is -2.16. The molecule has 13 aromatic rings. The molecular formula is C57H35N5O. The van der Waals surface area contributed by atoms with Crippen LogP contribution in [0, 0.1) is 0 Å². The summed E-state index contributed by atoms with van der Waals surface area (Å²) in [6.45, 7) is 0. The van der Waals surface area contributed by atoms with Crippen molar-refractivity contribution in [3.8, 4) is 56.7 Å². The molecule has 0 unspecified atom stereocenters. The minimum absolute atomic E-state index is 0.0667. The van der Waals surface area contributed by atoms with Crippen LogP contribution in [0.25, 0.3) is 122 Å². The summed E-state index contributed by atoms with van der Waals surface area (Å²) in [6.07, 6.45) is 0. The molecule has 9 aromatic carbocycles. The fraction of sp³-hybridized carbons (Fsp3) is 0. The molecule has 0 aliphatic rings. The van der Waals surface area contributed by atoms with E-state index in [4.69, 9.17) is 24.9 Å². The standard InChI is InChI=1S/C57H35N5O/c1-3-16-36(17-4-1)55-58-56(37-30-32-43-42-22-7-11-26-48(42)61(51(43)34-37)39-18-5-2-6-19-39)60-57(59-55)38-31-33-44(46-24-15-25-47-45-23-10-14-29-53(45)63-54(46)47)52(35-38)62-49-27-12-8-20-40(49)41-21-9-13-28-50(41)62/h1-35H/i8D,9D,20D,21D,27D,28D. The van der Waals surface area contributed by atoms with Gasteiger partial charge in [-0.3, -0.25) is 0 Å². The molecule has 0 radical (unpaired) electrons. The van der Waals surface area contributed by atoms with E-state index in [9.17, 15) is 2.74 Å². The van der Waals surface area contributed by atoms with Gasteiger partial charge in [0.15, 0.2) is 17.5 Å². The summed E-state index contributed by atoms with van der Waals surface area (Å²) in [5.41, 5.74) is 8.96. The van der Waals surface area contributed by atoms with Crippen LogP contribution in [0.3, 0.4) is 0 Å². The van der Waals surface area contributed by atoms with Crippen LogP contribution in [0.1, 0.15) is 8.22 Å². The number of benzene rings is 9. The Bertz CT molecular complexity index is 4210. The molecule has 0 amide bonds. The van der Waals surface area contributed by atoms with Gasteiger partial charge in [-0.25, -0.2) is 15.0 Å². The van der Waals surface area contributed by atoms with Crippen molar-refractivity contribution in [3.05, 3.63) is 212 Å². The highest BCUT2D eigenvalue weighted by Gasteiger charge is 2.22. The van der Waals surface area contributed by atoms with Gasteiger partial charge in [-0.15, -0.1) is 0 Å². The van der Waals surface area contributed by atoms with Crippen LogP contribution in [0.2, 0.25) is 0 Å². The Hall–Kier alpha value is -8.61. The third-order valence-electron chi connectivity index (χ3n) is 11.9. The van der Waals surface area contributed by atoms with Gasteiger partial charge in [-0.1, -0.05) is 164 Å². The van der Waals surface area contributed by atoms with Gasteiger partial charge in [0.2, 0.25) is 0 Å². The molecule has 294 valence electrons. The smallest absolute Gasteiger partial charge is 0.164 e. The van der Waals surface area contributed by atoms with Gasteiger partial charge in [0.1, 0.15) is 11.2 Å². The monoisotopic (exact) mass is 811 g/mol. The van der Waals surface area contributed by atoms with E-state index in [1.807, 2.05) is 115 Å². The molecule has 0 saturated carbocycles. The summed E-state index contributed by atoms with van der Waals surface area (Å²) >= 11 is 0. The highest BCUT2D eigenvalue weighted by molar-refractivity contribution is 6.13. The molecule has 0 spiro atoms. The minimum atomic E-state index is -0.196. The van der Waals surface area contributed by atoms with Gasteiger partial charge in [-0.2, -0.15) is 0 Å². The van der Waals surface area contributed by atoms with E-state index in [-0.39, 0.29) is 58.1 Å².